The first-order chi connectivity index (χ1) is 9.38. The Morgan fingerprint density at radius 2 is 2.16 bits per heavy atom. The van der Waals surface area contributed by atoms with Gasteiger partial charge in [-0.05, 0) is 28.8 Å². The Hall–Kier alpha value is -1.87. The van der Waals surface area contributed by atoms with Gasteiger partial charge in [-0.3, -0.25) is 0 Å². The van der Waals surface area contributed by atoms with Gasteiger partial charge in [-0.25, -0.2) is 4.68 Å². The first kappa shape index (κ1) is 12.2. The number of aromatic nitrogens is 4. The van der Waals surface area contributed by atoms with Crippen molar-refractivity contribution < 1.29 is 0 Å². The zero-order valence-electron chi connectivity index (χ0n) is 10.3. The maximum atomic E-state index is 9.28. The van der Waals surface area contributed by atoms with E-state index >= 15 is 0 Å². The van der Waals surface area contributed by atoms with Crippen LogP contribution >= 0.6 is 11.8 Å². The van der Waals surface area contributed by atoms with Gasteiger partial charge in [0.15, 0.2) is 0 Å². The highest BCUT2D eigenvalue weighted by Crippen LogP contribution is 2.37. The van der Waals surface area contributed by atoms with Gasteiger partial charge in [0, 0.05) is 5.75 Å². The molecule has 0 spiro atoms. The molecule has 0 radical (unpaired) electrons. The first-order valence-electron chi connectivity index (χ1n) is 6.23. The highest BCUT2D eigenvalue weighted by Gasteiger charge is 2.28. The molecule has 1 aromatic carbocycles. The number of hydrogen-bond donors (Lipinski definition) is 0. The lowest BCUT2D eigenvalue weighted by Gasteiger charge is -2.08. The van der Waals surface area contributed by atoms with Crippen LogP contribution < -0.4 is 0 Å². The SMILES string of the molecule is N#CC(CSc1nnnn1C1CC1)c1ccccc1. The van der Waals surface area contributed by atoms with E-state index in [0.29, 0.717) is 11.8 Å². The van der Waals surface area contributed by atoms with Crippen molar-refractivity contribution >= 4 is 11.8 Å². The quantitative estimate of drug-likeness (QED) is 0.781. The Kier molecular flexibility index (Phi) is 3.47. The molecule has 3 rings (SSSR count). The van der Waals surface area contributed by atoms with E-state index in [9.17, 15) is 5.26 Å². The fourth-order valence-electron chi connectivity index (χ4n) is 1.88. The van der Waals surface area contributed by atoms with Gasteiger partial charge < -0.3 is 0 Å². The van der Waals surface area contributed by atoms with Crippen LogP contribution in [0.25, 0.3) is 0 Å². The second kappa shape index (κ2) is 5.41. The van der Waals surface area contributed by atoms with E-state index in [1.807, 2.05) is 35.0 Å². The van der Waals surface area contributed by atoms with Crippen LogP contribution in [0.2, 0.25) is 0 Å². The van der Waals surface area contributed by atoms with Gasteiger partial charge in [0.2, 0.25) is 5.16 Å². The third kappa shape index (κ3) is 2.76. The maximum Gasteiger partial charge on any atom is 0.209 e. The largest absolute Gasteiger partial charge is 0.217 e. The Bertz CT molecular complexity index is 585. The summed E-state index contributed by atoms with van der Waals surface area (Å²) < 4.78 is 1.88. The highest BCUT2D eigenvalue weighted by atomic mass is 32.2. The smallest absolute Gasteiger partial charge is 0.209 e. The molecular formula is C13H13N5S. The highest BCUT2D eigenvalue weighted by molar-refractivity contribution is 7.99. The molecule has 0 amide bonds. The standard InChI is InChI=1S/C13H13N5S/c14-8-11(10-4-2-1-3-5-10)9-19-13-15-16-17-18(13)12-6-7-12/h1-5,11-12H,6-7,9H2. The molecule has 0 bridgehead atoms. The lowest BCUT2D eigenvalue weighted by molar-refractivity contribution is 0.565. The molecular weight excluding hydrogens is 258 g/mol. The maximum absolute atomic E-state index is 9.28. The number of tetrazole rings is 1. The minimum Gasteiger partial charge on any atom is -0.217 e. The van der Waals surface area contributed by atoms with Crippen LogP contribution in [0.5, 0.6) is 0 Å². The molecule has 19 heavy (non-hydrogen) atoms. The topological polar surface area (TPSA) is 67.4 Å². The number of rotatable bonds is 5. The molecule has 1 aliphatic carbocycles. The van der Waals surface area contributed by atoms with Crippen molar-refractivity contribution in [1.29, 1.82) is 5.26 Å². The Morgan fingerprint density at radius 3 is 2.84 bits per heavy atom. The minimum absolute atomic E-state index is 0.129. The molecule has 1 unspecified atom stereocenters. The number of thioether (sulfide) groups is 1. The summed E-state index contributed by atoms with van der Waals surface area (Å²) in [4.78, 5) is 0. The normalized spacial score (nSPS) is 15.9. The monoisotopic (exact) mass is 271 g/mol. The summed E-state index contributed by atoms with van der Waals surface area (Å²) in [5, 5.41) is 21.9. The van der Waals surface area contributed by atoms with Crippen molar-refractivity contribution in [3.05, 3.63) is 35.9 Å². The van der Waals surface area contributed by atoms with Crippen molar-refractivity contribution in [2.75, 3.05) is 5.75 Å². The van der Waals surface area contributed by atoms with Crippen molar-refractivity contribution in [2.45, 2.75) is 30.0 Å². The van der Waals surface area contributed by atoms with E-state index in [1.54, 1.807) is 11.8 Å². The average molecular weight is 271 g/mol. The van der Waals surface area contributed by atoms with Crippen LogP contribution in [0.4, 0.5) is 0 Å². The molecule has 96 valence electrons. The van der Waals surface area contributed by atoms with Gasteiger partial charge in [0.05, 0.1) is 18.0 Å². The second-order valence-corrected chi connectivity index (χ2v) is 5.53. The van der Waals surface area contributed by atoms with Gasteiger partial charge in [-0.2, -0.15) is 5.26 Å². The summed E-state index contributed by atoms with van der Waals surface area (Å²) in [5.74, 6) is 0.545. The molecule has 1 atom stereocenters. The first-order valence-corrected chi connectivity index (χ1v) is 7.22. The molecule has 1 saturated carbocycles. The van der Waals surface area contributed by atoms with E-state index in [1.165, 1.54) is 0 Å². The molecule has 1 aromatic heterocycles. The summed E-state index contributed by atoms with van der Waals surface area (Å²) >= 11 is 1.55. The van der Waals surface area contributed by atoms with E-state index in [-0.39, 0.29) is 5.92 Å². The van der Waals surface area contributed by atoms with E-state index < -0.39 is 0 Å². The molecule has 2 aromatic rings. The van der Waals surface area contributed by atoms with Gasteiger partial charge in [0.25, 0.3) is 0 Å². The number of nitriles is 1. The summed E-state index contributed by atoms with van der Waals surface area (Å²) in [7, 11) is 0. The predicted octanol–water partition coefficient (Wildman–Crippen LogP) is 2.41. The number of nitrogens with zero attached hydrogens (tertiary/aromatic N) is 5. The molecule has 1 heterocycles. The van der Waals surface area contributed by atoms with Crippen LogP contribution in [0.1, 0.15) is 30.4 Å². The predicted molar refractivity (Wildman–Crippen MR) is 71.6 cm³/mol. The van der Waals surface area contributed by atoms with Crippen LogP contribution in [-0.2, 0) is 0 Å². The van der Waals surface area contributed by atoms with Gasteiger partial charge >= 0.3 is 0 Å². The minimum atomic E-state index is -0.129. The molecule has 5 nitrogen and oxygen atoms in total. The van der Waals surface area contributed by atoms with Crippen LogP contribution in [0, 0.1) is 11.3 Å². The van der Waals surface area contributed by atoms with Crippen molar-refractivity contribution in [2.24, 2.45) is 0 Å². The molecule has 0 N–H and O–H groups in total. The fraction of sp³-hybridized carbons (Fsp3) is 0.385. The third-order valence-electron chi connectivity index (χ3n) is 3.09. The summed E-state index contributed by atoms with van der Waals surface area (Å²) in [6.07, 6.45) is 2.30. The summed E-state index contributed by atoms with van der Waals surface area (Å²) in [6, 6.07) is 12.7. The summed E-state index contributed by atoms with van der Waals surface area (Å²) in [5.41, 5.74) is 1.04. The second-order valence-electron chi connectivity index (χ2n) is 4.54. The molecule has 0 aliphatic heterocycles. The molecule has 6 heteroatoms. The Labute approximate surface area is 115 Å². The lowest BCUT2D eigenvalue weighted by atomic mass is 10.0. The van der Waals surface area contributed by atoms with Gasteiger partial charge in [-0.15, -0.1) is 5.10 Å². The lowest BCUT2D eigenvalue weighted by Crippen LogP contribution is -2.03. The van der Waals surface area contributed by atoms with Crippen molar-refractivity contribution in [1.82, 2.24) is 20.2 Å². The zero-order valence-corrected chi connectivity index (χ0v) is 11.1. The zero-order chi connectivity index (χ0) is 13.1. The third-order valence-corrected chi connectivity index (χ3v) is 4.12. The van der Waals surface area contributed by atoms with Gasteiger partial charge in [0.1, 0.15) is 0 Å². The van der Waals surface area contributed by atoms with E-state index in [4.69, 9.17) is 0 Å². The molecule has 1 aliphatic rings. The Morgan fingerprint density at radius 1 is 1.37 bits per heavy atom. The number of hydrogen-bond acceptors (Lipinski definition) is 5. The molecule has 0 saturated heterocycles. The van der Waals surface area contributed by atoms with Crippen molar-refractivity contribution in [3.63, 3.8) is 0 Å². The Balaban J connectivity index is 1.67. The van der Waals surface area contributed by atoms with Crippen LogP contribution in [-0.4, -0.2) is 26.0 Å². The van der Waals surface area contributed by atoms with E-state index in [0.717, 1.165) is 23.6 Å². The van der Waals surface area contributed by atoms with Crippen LogP contribution in [0.15, 0.2) is 35.5 Å². The fourth-order valence-corrected chi connectivity index (χ4v) is 2.87. The van der Waals surface area contributed by atoms with Gasteiger partial charge in [-0.1, -0.05) is 42.1 Å². The van der Waals surface area contributed by atoms with Crippen LogP contribution in [0.3, 0.4) is 0 Å². The number of benzene rings is 1. The molecule has 1 fully saturated rings. The van der Waals surface area contributed by atoms with E-state index in [2.05, 4.69) is 21.6 Å². The van der Waals surface area contributed by atoms with Crippen molar-refractivity contribution in [3.8, 4) is 6.07 Å². The average Bonchev–Trinajstić information content (AvgIpc) is 3.20. The summed E-state index contributed by atoms with van der Waals surface area (Å²) in [6.45, 7) is 0.